The van der Waals surface area contributed by atoms with Crippen molar-refractivity contribution in [3.63, 3.8) is 0 Å². The molecule has 0 saturated carbocycles. The predicted octanol–water partition coefficient (Wildman–Crippen LogP) is 13.8. The van der Waals surface area contributed by atoms with Crippen molar-refractivity contribution in [1.29, 1.82) is 0 Å². The first-order chi connectivity index (χ1) is 28.7. The van der Waals surface area contributed by atoms with Gasteiger partial charge in [0.25, 0.3) is 0 Å². The van der Waals surface area contributed by atoms with Crippen LogP contribution in [0.5, 0.6) is 0 Å². The summed E-state index contributed by atoms with van der Waals surface area (Å²) in [5, 5.41) is 9.61. The summed E-state index contributed by atoms with van der Waals surface area (Å²) >= 11 is 0. The zero-order valence-corrected chi connectivity index (χ0v) is 31.0. The maximum atomic E-state index is 6.46. The summed E-state index contributed by atoms with van der Waals surface area (Å²) in [6.45, 7) is 0. The molecule has 0 N–H and O–H groups in total. The summed E-state index contributed by atoms with van der Waals surface area (Å²) in [7, 11) is 0. The van der Waals surface area contributed by atoms with Gasteiger partial charge in [0.2, 0.25) is 0 Å². The van der Waals surface area contributed by atoms with Crippen molar-refractivity contribution >= 4 is 65.3 Å². The lowest BCUT2D eigenvalue weighted by Gasteiger charge is -2.13. The van der Waals surface area contributed by atoms with Crippen LogP contribution in [0.15, 0.2) is 186 Å². The van der Waals surface area contributed by atoms with E-state index in [1.807, 2.05) is 24.3 Å². The Balaban J connectivity index is 0.998. The Morgan fingerprint density at radius 1 is 0.345 bits per heavy atom. The zero-order valence-electron chi connectivity index (χ0n) is 31.0. The molecule has 9 aromatic carbocycles. The van der Waals surface area contributed by atoms with Crippen LogP contribution in [0, 0.1) is 0 Å². The number of hydrogen-bond donors (Lipinski definition) is 0. The molecule has 58 heavy (non-hydrogen) atoms. The Hall–Kier alpha value is -7.89. The van der Waals surface area contributed by atoms with E-state index in [1.165, 1.54) is 54.5 Å². The van der Waals surface area contributed by atoms with Crippen molar-refractivity contribution in [2.24, 2.45) is 0 Å². The third-order valence-corrected chi connectivity index (χ3v) is 12.0. The molecule has 0 aliphatic heterocycles. The number of furan rings is 1. The first-order valence-corrected chi connectivity index (χ1v) is 19.6. The molecule has 0 bridgehead atoms. The second-order valence-corrected chi connectivity index (χ2v) is 15.1. The number of rotatable bonds is 5. The topological polar surface area (TPSA) is 56.7 Å². The van der Waals surface area contributed by atoms with Crippen LogP contribution in [0.4, 0.5) is 0 Å². The smallest absolute Gasteiger partial charge is 0.164 e. The molecule has 5 heteroatoms. The number of benzene rings is 9. The second-order valence-electron chi connectivity index (χ2n) is 15.1. The van der Waals surface area contributed by atoms with Gasteiger partial charge in [0.15, 0.2) is 17.5 Å². The predicted molar refractivity (Wildman–Crippen MR) is 237 cm³/mol. The summed E-state index contributed by atoms with van der Waals surface area (Å²) in [5.74, 6) is 1.90. The Bertz CT molecular complexity index is 3660. The van der Waals surface area contributed by atoms with E-state index >= 15 is 0 Å². The van der Waals surface area contributed by atoms with Gasteiger partial charge in [0.05, 0.1) is 11.0 Å². The molecule has 3 aromatic heterocycles. The fraction of sp³-hybridized carbons (Fsp3) is 0. The number of fused-ring (bicyclic) bond motifs is 2. The minimum Gasteiger partial charge on any atom is -0.456 e. The molecular weight excluding hydrogens is 709 g/mol. The van der Waals surface area contributed by atoms with Crippen molar-refractivity contribution in [1.82, 2.24) is 19.5 Å². The maximum Gasteiger partial charge on any atom is 0.164 e. The average Bonchev–Trinajstić information content (AvgIpc) is 3.81. The van der Waals surface area contributed by atoms with E-state index in [9.17, 15) is 0 Å². The lowest BCUT2D eigenvalue weighted by Crippen LogP contribution is -2.01. The maximum absolute atomic E-state index is 6.46. The molecule has 12 aromatic rings. The molecule has 0 atom stereocenters. The van der Waals surface area contributed by atoms with Crippen molar-refractivity contribution in [3.8, 4) is 62.1 Å². The largest absolute Gasteiger partial charge is 0.456 e. The molecule has 268 valence electrons. The van der Waals surface area contributed by atoms with Gasteiger partial charge in [-0.2, -0.15) is 0 Å². The van der Waals surface area contributed by atoms with Crippen molar-refractivity contribution < 1.29 is 4.42 Å². The van der Waals surface area contributed by atoms with Gasteiger partial charge in [0.1, 0.15) is 11.2 Å². The molecule has 13 rings (SSSR count). The molecule has 0 fully saturated rings. The normalized spacial score (nSPS) is 12.1. The minimum atomic E-state index is 0.625. The summed E-state index contributed by atoms with van der Waals surface area (Å²) < 4.78 is 8.86. The van der Waals surface area contributed by atoms with Crippen LogP contribution in [-0.4, -0.2) is 19.5 Å². The van der Waals surface area contributed by atoms with Crippen LogP contribution < -0.4 is 0 Å². The van der Waals surface area contributed by atoms with Crippen LogP contribution >= 0.6 is 0 Å². The van der Waals surface area contributed by atoms with Gasteiger partial charge in [0, 0.05) is 49.3 Å². The highest BCUT2D eigenvalue weighted by molar-refractivity contribution is 6.37. The summed E-state index contributed by atoms with van der Waals surface area (Å²) in [5.41, 5.74) is 12.8. The first-order valence-electron chi connectivity index (χ1n) is 19.6. The average molecular weight is 739 g/mol. The third kappa shape index (κ3) is 4.44. The monoisotopic (exact) mass is 738 g/mol. The lowest BCUT2D eigenvalue weighted by molar-refractivity contribution is 0.669. The molecule has 1 aliphatic carbocycles. The van der Waals surface area contributed by atoms with Crippen LogP contribution in [0.25, 0.3) is 127 Å². The molecular formula is C53H30N4O. The van der Waals surface area contributed by atoms with E-state index in [1.54, 1.807) is 0 Å². The number of hydrogen-bond acceptors (Lipinski definition) is 4. The molecule has 0 radical (unpaired) electrons. The van der Waals surface area contributed by atoms with Gasteiger partial charge < -0.3 is 8.98 Å². The van der Waals surface area contributed by atoms with E-state index in [2.05, 4.69) is 162 Å². The van der Waals surface area contributed by atoms with Gasteiger partial charge in [-0.15, -0.1) is 0 Å². The fourth-order valence-electron chi connectivity index (χ4n) is 9.38. The molecule has 3 heterocycles. The molecule has 0 amide bonds. The van der Waals surface area contributed by atoms with E-state index in [4.69, 9.17) is 19.4 Å². The highest BCUT2D eigenvalue weighted by Crippen LogP contribution is 2.50. The van der Waals surface area contributed by atoms with Gasteiger partial charge in [-0.3, -0.25) is 0 Å². The highest BCUT2D eigenvalue weighted by atomic mass is 16.3. The van der Waals surface area contributed by atoms with E-state index in [0.29, 0.717) is 17.5 Å². The zero-order chi connectivity index (χ0) is 37.9. The lowest BCUT2D eigenvalue weighted by atomic mass is 9.98. The van der Waals surface area contributed by atoms with Crippen molar-refractivity contribution in [2.75, 3.05) is 0 Å². The Morgan fingerprint density at radius 2 is 0.948 bits per heavy atom. The minimum absolute atomic E-state index is 0.625. The summed E-state index contributed by atoms with van der Waals surface area (Å²) in [4.78, 5) is 15.4. The molecule has 0 unspecified atom stereocenters. The SMILES string of the molecule is c1ccc(-c2ccc3cccc(-c4nc(-c5ccccc5)nc(-c5ccc(-n6c7cccc8c7c7c9c(ccc%10oc%11cccc-8c%11c%109)ccc76)cc5)n4)c3c2)cc1. The summed E-state index contributed by atoms with van der Waals surface area (Å²) in [6, 6.07) is 64.2. The second kappa shape index (κ2) is 11.8. The molecule has 0 saturated heterocycles. The van der Waals surface area contributed by atoms with Gasteiger partial charge in [-0.05, 0) is 93.0 Å². The van der Waals surface area contributed by atoms with Crippen molar-refractivity contribution in [3.05, 3.63) is 182 Å². The highest BCUT2D eigenvalue weighted by Gasteiger charge is 2.26. The van der Waals surface area contributed by atoms with Crippen LogP contribution in [0.1, 0.15) is 0 Å². The van der Waals surface area contributed by atoms with Gasteiger partial charge >= 0.3 is 0 Å². The quantitative estimate of drug-likeness (QED) is 0.176. The Kier molecular flexibility index (Phi) is 6.38. The van der Waals surface area contributed by atoms with E-state index in [0.717, 1.165) is 55.4 Å². The van der Waals surface area contributed by atoms with Gasteiger partial charge in [-0.25, -0.2) is 15.0 Å². The fourth-order valence-corrected chi connectivity index (χ4v) is 9.38. The number of nitrogens with zero attached hydrogens (tertiary/aromatic N) is 4. The van der Waals surface area contributed by atoms with Gasteiger partial charge in [-0.1, -0.05) is 127 Å². The van der Waals surface area contributed by atoms with E-state index < -0.39 is 0 Å². The van der Waals surface area contributed by atoms with Crippen LogP contribution in [0.3, 0.4) is 0 Å². The standard InChI is InChI=1S/C53H30N4O/c1-3-10-31(11-4-1)36-21-20-32-14-7-17-40(41(32)30-36)53-55-51(34-12-5-2-6-13-34)54-52(56-53)35-22-26-37(27-23-35)57-42-18-8-15-38-39-16-9-19-44-48(39)50-45(58-44)29-25-33-24-28-43(57)49(46(33)50)47(38)42/h1-30H. The number of aromatic nitrogens is 4. The molecule has 1 aliphatic rings. The molecule has 0 spiro atoms. The first kappa shape index (κ1) is 31.3. The van der Waals surface area contributed by atoms with Crippen LogP contribution in [0.2, 0.25) is 0 Å². The van der Waals surface area contributed by atoms with Crippen molar-refractivity contribution in [2.45, 2.75) is 0 Å². The third-order valence-electron chi connectivity index (χ3n) is 12.0. The van der Waals surface area contributed by atoms with E-state index in [-0.39, 0.29) is 0 Å². The molecule has 5 nitrogen and oxygen atoms in total. The Morgan fingerprint density at radius 3 is 1.76 bits per heavy atom. The summed E-state index contributed by atoms with van der Waals surface area (Å²) in [6.07, 6.45) is 0. The Labute approximate surface area is 332 Å². The van der Waals surface area contributed by atoms with Crippen LogP contribution in [-0.2, 0) is 0 Å².